The molecule has 0 aliphatic heterocycles. The molecule has 9 heteroatoms. The highest BCUT2D eigenvalue weighted by molar-refractivity contribution is 7.92. The number of hydrogen-bond acceptors (Lipinski definition) is 5. The quantitative estimate of drug-likeness (QED) is 0.514. The molecule has 0 heterocycles. The number of carbonyl (C=O) groups is 1. The number of anilines is 2. The second-order valence-electron chi connectivity index (χ2n) is 6.62. The van der Waals surface area contributed by atoms with Crippen LogP contribution in [0.5, 0.6) is 11.5 Å². The van der Waals surface area contributed by atoms with Crippen LogP contribution in [0.4, 0.5) is 11.4 Å². The first-order chi connectivity index (χ1) is 14.8. The Hall–Kier alpha value is -3.23. The maximum Gasteiger partial charge on any atom is 0.255 e. The summed E-state index contributed by atoms with van der Waals surface area (Å²) in [4.78, 5) is 12.8. The molecule has 0 saturated carbocycles. The Morgan fingerprint density at radius 2 is 1.65 bits per heavy atom. The van der Waals surface area contributed by atoms with Crippen molar-refractivity contribution in [1.29, 1.82) is 0 Å². The molecule has 0 atom stereocenters. The van der Waals surface area contributed by atoms with E-state index >= 15 is 0 Å². The number of para-hydroxylation sites is 3. The Bertz CT molecular complexity index is 1200. The Labute approximate surface area is 186 Å². The van der Waals surface area contributed by atoms with Gasteiger partial charge in [0.2, 0.25) is 10.0 Å². The fourth-order valence-corrected chi connectivity index (χ4v) is 3.59. The van der Waals surface area contributed by atoms with E-state index in [2.05, 4.69) is 10.0 Å². The van der Waals surface area contributed by atoms with Gasteiger partial charge < -0.3 is 14.8 Å². The molecule has 0 aromatic heterocycles. The van der Waals surface area contributed by atoms with E-state index in [1.165, 1.54) is 18.2 Å². The molecule has 3 rings (SSSR count). The van der Waals surface area contributed by atoms with Gasteiger partial charge >= 0.3 is 0 Å². The third-order valence-electron chi connectivity index (χ3n) is 4.24. The number of hydrogen-bond donors (Lipinski definition) is 2. The van der Waals surface area contributed by atoms with Crippen molar-refractivity contribution in [3.63, 3.8) is 0 Å². The molecule has 3 aromatic rings. The molecule has 7 nitrogen and oxygen atoms in total. The van der Waals surface area contributed by atoms with Crippen LogP contribution in [0.25, 0.3) is 0 Å². The van der Waals surface area contributed by atoms with Gasteiger partial charge in [0.1, 0.15) is 6.61 Å². The Kier molecular flexibility index (Phi) is 7.04. The van der Waals surface area contributed by atoms with Gasteiger partial charge in [-0.05, 0) is 36.4 Å². The second kappa shape index (κ2) is 9.72. The zero-order valence-corrected chi connectivity index (χ0v) is 18.5. The summed E-state index contributed by atoms with van der Waals surface area (Å²) < 4.78 is 36.5. The van der Waals surface area contributed by atoms with E-state index in [1.54, 1.807) is 31.4 Å². The van der Waals surface area contributed by atoms with Crippen molar-refractivity contribution in [2.75, 3.05) is 23.4 Å². The van der Waals surface area contributed by atoms with Crippen LogP contribution in [0.2, 0.25) is 5.02 Å². The second-order valence-corrected chi connectivity index (χ2v) is 8.78. The molecule has 31 heavy (non-hydrogen) atoms. The number of methoxy groups -OCH3 is 1. The van der Waals surface area contributed by atoms with Gasteiger partial charge in [-0.25, -0.2) is 8.42 Å². The van der Waals surface area contributed by atoms with Crippen LogP contribution >= 0.6 is 11.6 Å². The average Bonchev–Trinajstić information content (AvgIpc) is 2.74. The maximum absolute atomic E-state index is 12.8. The number of rotatable bonds is 8. The smallest absolute Gasteiger partial charge is 0.255 e. The monoisotopic (exact) mass is 460 g/mol. The van der Waals surface area contributed by atoms with Crippen LogP contribution < -0.4 is 19.5 Å². The van der Waals surface area contributed by atoms with Gasteiger partial charge in [0.05, 0.1) is 24.1 Å². The van der Waals surface area contributed by atoms with Gasteiger partial charge in [0, 0.05) is 16.8 Å². The molecule has 162 valence electrons. The summed E-state index contributed by atoms with van der Waals surface area (Å²) in [6.45, 7) is 0.207. The third kappa shape index (κ3) is 6.13. The van der Waals surface area contributed by atoms with Gasteiger partial charge in [0.15, 0.2) is 11.5 Å². The summed E-state index contributed by atoms with van der Waals surface area (Å²) in [5.74, 6) is 0.773. The van der Waals surface area contributed by atoms with Crippen LogP contribution in [0.3, 0.4) is 0 Å². The first kappa shape index (κ1) is 22.5. The molecule has 0 saturated heterocycles. The van der Waals surface area contributed by atoms with Crippen LogP contribution in [0.15, 0.2) is 66.7 Å². The molecule has 0 unspecified atom stereocenters. The first-order valence-electron chi connectivity index (χ1n) is 9.19. The van der Waals surface area contributed by atoms with E-state index < -0.39 is 15.9 Å². The standard InChI is InChI=1S/C22H21ClN2O5S/c1-29-20-9-5-6-10-21(20)30-14-16-7-3-4-8-18(16)24-22(26)15-11-12-17(23)19(13-15)25-31(2,27)28/h3-13,25H,14H2,1-2H3,(H,24,26). The van der Waals surface area contributed by atoms with E-state index in [4.69, 9.17) is 21.1 Å². The lowest BCUT2D eigenvalue weighted by atomic mass is 10.1. The fourth-order valence-electron chi connectivity index (χ4n) is 2.80. The van der Waals surface area contributed by atoms with E-state index in [-0.39, 0.29) is 22.9 Å². The number of carbonyl (C=O) groups excluding carboxylic acids is 1. The van der Waals surface area contributed by atoms with Crippen LogP contribution in [-0.4, -0.2) is 27.7 Å². The summed E-state index contributed by atoms with van der Waals surface area (Å²) in [5.41, 5.74) is 1.70. The largest absolute Gasteiger partial charge is 0.493 e. The van der Waals surface area contributed by atoms with Crippen molar-refractivity contribution < 1.29 is 22.7 Å². The van der Waals surface area contributed by atoms with Crippen molar-refractivity contribution in [2.24, 2.45) is 0 Å². The van der Waals surface area contributed by atoms with Crippen LogP contribution in [0.1, 0.15) is 15.9 Å². The highest BCUT2D eigenvalue weighted by Crippen LogP contribution is 2.28. The maximum atomic E-state index is 12.8. The van der Waals surface area contributed by atoms with Crippen molar-refractivity contribution in [1.82, 2.24) is 0 Å². The van der Waals surface area contributed by atoms with Crippen molar-refractivity contribution in [2.45, 2.75) is 6.61 Å². The van der Waals surface area contributed by atoms with Gasteiger partial charge in [-0.15, -0.1) is 0 Å². The number of nitrogens with one attached hydrogen (secondary N) is 2. The lowest BCUT2D eigenvalue weighted by Gasteiger charge is -2.14. The number of amides is 1. The van der Waals surface area contributed by atoms with Crippen LogP contribution in [-0.2, 0) is 16.6 Å². The third-order valence-corrected chi connectivity index (χ3v) is 5.16. The number of halogens is 1. The van der Waals surface area contributed by atoms with Crippen molar-refractivity contribution in [3.05, 3.63) is 82.9 Å². The summed E-state index contributed by atoms with van der Waals surface area (Å²) in [6, 6.07) is 18.9. The Morgan fingerprint density at radius 1 is 0.968 bits per heavy atom. The van der Waals surface area contributed by atoms with Crippen molar-refractivity contribution in [3.8, 4) is 11.5 Å². The number of ether oxygens (including phenoxy) is 2. The van der Waals surface area contributed by atoms with E-state index in [9.17, 15) is 13.2 Å². The highest BCUT2D eigenvalue weighted by Gasteiger charge is 2.14. The molecule has 0 fully saturated rings. The van der Waals surface area contributed by atoms with Crippen molar-refractivity contribution >= 4 is 38.9 Å². The summed E-state index contributed by atoms with van der Waals surface area (Å²) >= 11 is 6.03. The highest BCUT2D eigenvalue weighted by atomic mass is 35.5. The number of benzene rings is 3. The van der Waals surface area contributed by atoms with Gasteiger partial charge in [-0.3, -0.25) is 9.52 Å². The Morgan fingerprint density at radius 3 is 2.35 bits per heavy atom. The minimum absolute atomic E-state index is 0.129. The molecular formula is C22H21ClN2O5S. The normalized spacial score (nSPS) is 10.9. The topological polar surface area (TPSA) is 93.7 Å². The molecule has 0 spiro atoms. The van der Waals surface area contributed by atoms with E-state index in [1.807, 2.05) is 24.3 Å². The lowest BCUT2D eigenvalue weighted by molar-refractivity contribution is 0.102. The fraction of sp³-hybridized carbons (Fsp3) is 0.136. The molecule has 3 aromatic carbocycles. The van der Waals surface area contributed by atoms with Gasteiger partial charge in [0.25, 0.3) is 5.91 Å². The SMILES string of the molecule is COc1ccccc1OCc1ccccc1NC(=O)c1ccc(Cl)c(NS(C)(=O)=O)c1. The zero-order chi connectivity index (χ0) is 22.4. The zero-order valence-electron chi connectivity index (χ0n) is 16.9. The molecule has 0 aliphatic carbocycles. The molecule has 2 N–H and O–H groups in total. The summed E-state index contributed by atoms with van der Waals surface area (Å²) in [6.07, 6.45) is 1.01. The van der Waals surface area contributed by atoms with E-state index in [0.29, 0.717) is 17.2 Å². The van der Waals surface area contributed by atoms with E-state index in [0.717, 1.165) is 11.8 Å². The predicted octanol–water partition coefficient (Wildman–Crippen LogP) is 4.55. The average molecular weight is 461 g/mol. The molecule has 1 amide bonds. The summed E-state index contributed by atoms with van der Waals surface area (Å²) in [5, 5.41) is 3.02. The molecule has 0 bridgehead atoms. The minimum Gasteiger partial charge on any atom is -0.493 e. The molecule has 0 aliphatic rings. The predicted molar refractivity (Wildman–Crippen MR) is 122 cm³/mol. The van der Waals surface area contributed by atoms with Crippen LogP contribution in [0, 0.1) is 0 Å². The van der Waals surface area contributed by atoms with Gasteiger partial charge in [-0.1, -0.05) is 41.9 Å². The number of sulfonamides is 1. The Balaban J connectivity index is 1.78. The lowest BCUT2D eigenvalue weighted by Crippen LogP contribution is -2.15. The summed E-state index contributed by atoms with van der Waals surface area (Å²) in [7, 11) is -1.98. The van der Waals surface area contributed by atoms with Gasteiger partial charge in [-0.2, -0.15) is 0 Å². The molecule has 0 radical (unpaired) electrons. The first-order valence-corrected chi connectivity index (χ1v) is 11.5. The minimum atomic E-state index is -3.54. The molecular weight excluding hydrogens is 440 g/mol.